The van der Waals surface area contributed by atoms with Crippen LogP contribution in [0.4, 0.5) is 0 Å². The van der Waals surface area contributed by atoms with Crippen LogP contribution in [0.2, 0.25) is 0 Å². The summed E-state index contributed by atoms with van der Waals surface area (Å²) in [5, 5.41) is 0.629. The fourth-order valence-electron chi connectivity index (χ4n) is 2.73. The van der Waals surface area contributed by atoms with Crippen molar-refractivity contribution in [2.75, 3.05) is 5.75 Å². The molecule has 0 saturated carbocycles. The van der Waals surface area contributed by atoms with E-state index in [-0.39, 0.29) is 23.7 Å². The number of rotatable bonds is 4. The second-order valence-corrected chi connectivity index (χ2v) is 8.02. The van der Waals surface area contributed by atoms with Crippen LogP contribution in [0.15, 0.2) is 52.1 Å². The summed E-state index contributed by atoms with van der Waals surface area (Å²) in [7, 11) is 0. The fraction of sp³-hybridized carbons (Fsp3) is 0.278. The Kier molecular flexibility index (Phi) is 6.65. The van der Waals surface area contributed by atoms with E-state index < -0.39 is 0 Å². The predicted octanol–water partition coefficient (Wildman–Crippen LogP) is 4.36. The molecule has 0 amide bonds. The Morgan fingerprint density at radius 2 is 2.16 bits per heavy atom. The van der Waals surface area contributed by atoms with Crippen molar-refractivity contribution in [1.29, 1.82) is 0 Å². The van der Waals surface area contributed by atoms with Gasteiger partial charge in [-0.25, -0.2) is 0 Å². The molecule has 1 unspecified atom stereocenters. The highest BCUT2D eigenvalue weighted by atomic mass is 79.9. The van der Waals surface area contributed by atoms with E-state index in [9.17, 15) is 4.79 Å². The summed E-state index contributed by atoms with van der Waals surface area (Å²) in [6, 6.07) is 11.6. The highest BCUT2D eigenvalue weighted by Crippen LogP contribution is 2.35. The highest BCUT2D eigenvalue weighted by molar-refractivity contribution is 9.10. The number of aliphatic imine (C=N–C) groups is 1. The monoisotopic (exact) mass is 439 g/mol. The van der Waals surface area contributed by atoms with Crippen molar-refractivity contribution in [3.8, 4) is 0 Å². The largest absolute Gasteiger partial charge is 0.379 e. The molecule has 0 aliphatic carbocycles. The molecule has 0 radical (unpaired) electrons. The van der Waals surface area contributed by atoms with Crippen molar-refractivity contribution in [3.63, 3.8) is 0 Å². The Bertz CT molecular complexity index is 797. The molecule has 2 N–H and O–H groups in total. The lowest BCUT2D eigenvalue weighted by molar-refractivity contribution is 0.0988. The number of benzene rings is 1. The van der Waals surface area contributed by atoms with Crippen LogP contribution >= 0.6 is 40.1 Å². The molecule has 2 heterocycles. The highest BCUT2D eigenvalue weighted by Gasteiger charge is 2.29. The molecule has 1 atom stereocenters. The van der Waals surface area contributed by atoms with Gasteiger partial charge in [-0.15, -0.1) is 12.4 Å². The molecular formula is C18H19BrClN3OS. The van der Waals surface area contributed by atoms with E-state index in [0.29, 0.717) is 17.3 Å². The second-order valence-electron chi connectivity index (χ2n) is 5.98. The number of thioether (sulfide) groups is 1. The first kappa shape index (κ1) is 19.9. The van der Waals surface area contributed by atoms with Gasteiger partial charge in [-0.05, 0) is 52.5 Å². The number of carbonyl (C=O) groups is 1. The standard InChI is InChI=1S/C18H18BrN3OS.ClH/c1-18(7-8-24-17(20)22-18)13-4-2-3-12(9-13)10-16(23)15-6-5-14(19)11-21-15;/h2-6,9,11H,7-8,10H2,1H3,(H2,20,22);1H. The fourth-order valence-corrected chi connectivity index (χ4v) is 3.94. The van der Waals surface area contributed by atoms with Gasteiger partial charge in [0, 0.05) is 22.8 Å². The number of hydrogen-bond acceptors (Lipinski definition) is 5. The van der Waals surface area contributed by atoms with Crippen LogP contribution in [-0.2, 0) is 12.0 Å². The predicted molar refractivity (Wildman–Crippen MR) is 110 cm³/mol. The normalized spacial score (nSPS) is 19.7. The number of carbonyl (C=O) groups excluding carboxylic acids is 1. The maximum Gasteiger partial charge on any atom is 0.185 e. The van der Waals surface area contributed by atoms with E-state index in [1.165, 1.54) is 0 Å². The Morgan fingerprint density at radius 3 is 2.84 bits per heavy atom. The number of nitrogens with two attached hydrogens (primary N) is 1. The van der Waals surface area contributed by atoms with E-state index in [1.54, 1.807) is 24.0 Å². The summed E-state index contributed by atoms with van der Waals surface area (Å²) >= 11 is 4.92. The smallest absolute Gasteiger partial charge is 0.185 e. The molecule has 0 bridgehead atoms. The van der Waals surface area contributed by atoms with E-state index >= 15 is 0 Å². The van der Waals surface area contributed by atoms with Crippen LogP contribution in [-0.4, -0.2) is 21.7 Å². The molecule has 1 aliphatic rings. The first-order valence-corrected chi connectivity index (χ1v) is 9.46. The van der Waals surface area contributed by atoms with E-state index in [0.717, 1.165) is 27.8 Å². The maximum absolute atomic E-state index is 12.4. The van der Waals surface area contributed by atoms with Gasteiger partial charge in [0.25, 0.3) is 0 Å². The molecule has 4 nitrogen and oxygen atoms in total. The summed E-state index contributed by atoms with van der Waals surface area (Å²) in [6.07, 6.45) is 2.90. The number of amidine groups is 1. The lowest BCUT2D eigenvalue weighted by Crippen LogP contribution is -2.28. The number of ketones is 1. The molecule has 1 aliphatic heterocycles. The van der Waals surface area contributed by atoms with E-state index in [4.69, 9.17) is 5.73 Å². The minimum absolute atomic E-state index is 0. The van der Waals surface area contributed by atoms with Crippen LogP contribution in [0, 0.1) is 0 Å². The molecule has 7 heteroatoms. The van der Waals surface area contributed by atoms with Gasteiger partial charge in [0.15, 0.2) is 11.0 Å². The molecule has 2 aromatic rings. The Morgan fingerprint density at radius 1 is 1.36 bits per heavy atom. The van der Waals surface area contributed by atoms with Gasteiger partial charge in [-0.1, -0.05) is 36.0 Å². The SMILES string of the molecule is CC1(c2cccc(CC(=O)c3ccc(Br)cn3)c2)CCSC(N)=N1.Cl. The van der Waals surface area contributed by atoms with Gasteiger partial charge in [-0.3, -0.25) is 14.8 Å². The molecule has 25 heavy (non-hydrogen) atoms. The lowest BCUT2D eigenvalue weighted by atomic mass is 9.88. The first-order chi connectivity index (χ1) is 11.5. The molecule has 3 rings (SSSR count). The molecular weight excluding hydrogens is 422 g/mol. The van der Waals surface area contributed by atoms with Gasteiger partial charge in [0.1, 0.15) is 5.69 Å². The van der Waals surface area contributed by atoms with Crippen LogP contribution in [0.25, 0.3) is 0 Å². The van der Waals surface area contributed by atoms with Gasteiger partial charge < -0.3 is 5.73 Å². The maximum atomic E-state index is 12.4. The Balaban J connectivity index is 0.00000225. The minimum atomic E-state index is -0.315. The van der Waals surface area contributed by atoms with Gasteiger partial charge >= 0.3 is 0 Å². The van der Waals surface area contributed by atoms with Crippen molar-refractivity contribution in [2.24, 2.45) is 10.7 Å². The lowest BCUT2D eigenvalue weighted by Gasteiger charge is -2.30. The minimum Gasteiger partial charge on any atom is -0.379 e. The molecule has 1 aromatic heterocycles. The van der Waals surface area contributed by atoms with Crippen molar-refractivity contribution < 1.29 is 4.79 Å². The molecule has 1 aromatic carbocycles. The Labute approximate surface area is 166 Å². The van der Waals surface area contributed by atoms with Crippen molar-refractivity contribution in [2.45, 2.75) is 25.3 Å². The number of pyridine rings is 1. The third kappa shape index (κ3) is 4.84. The van der Waals surface area contributed by atoms with Crippen LogP contribution in [0.1, 0.15) is 35.0 Å². The number of Topliss-reactive ketones (excluding diaryl/α,β-unsaturated/α-hetero) is 1. The van der Waals surface area contributed by atoms with Crippen LogP contribution < -0.4 is 5.73 Å². The quantitative estimate of drug-likeness (QED) is 0.717. The first-order valence-electron chi connectivity index (χ1n) is 7.68. The zero-order valence-electron chi connectivity index (χ0n) is 13.7. The number of aromatic nitrogens is 1. The third-order valence-electron chi connectivity index (χ3n) is 4.12. The van der Waals surface area contributed by atoms with Crippen molar-refractivity contribution >= 4 is 51.0 Å². The number of halogens is 2. The number of hydrogen-bond donors (Lipinski definition) is 1. The van der Waals surface area contributed by atoms with Crippen LogP contribution in [0.3, 0.4) is 0 Å². The summed E-state index contributed by atoms with van der Waals surface area (Å²) in [4.78, 5) is 21.2. The zero-order valence-corrected chi connectivity index (χ0v) is 17.0. The topological polar surface area (TPSA) is 68.3 Å². The second kappa shape index (κ2) is 8.34. The van der Waals surface area contributed by atoms with Crippen molar-refractivity contribution in [1.82, 2.24) is 4.98 Å². The average Bonchev–Trinajstić information content (AvgIpc) is 2.55. The zero-order chi connectivity index (χ0) is 17.2. The van der Waals surface area contributed by atoms with Gasteiger partial charge in [0.2, 0.25) is 0 Å². The Hall–Kier alpha value is -1.37. The summed E-state index contributed by atoms with van der Waals surface area (Å²) in [6.45, 7) is 2.09. The molecule has 132 valence electrons. The van der Waals surface area contributed by atoms with E-state index in [1.807, 2.05) is 18.2 Å². The van der Waals surface area contributed by atoms with Gasteiger partial charge in [0.05, 0.1) is 5.54 Å². The van der Waals surface area contributed by atoms with Gasteiger partial charge in [-0.2, -0.15) is 0 Å². The van der Waals surface area contributed by atoms with Crippen LogP contribution in [0.5, 0.6) is 0 Å². The summed E-state index contributed by atoms with van der Waals surface area (Å²) in [5.74, 6) is 0.963. The average molecular weight is 441 g/mol. The van der Waals surface area contributed by atoms with Crippen molar-refractivity contribution in [3.05, 3.63) is 63.9 Å². The molecule has 0 fully saturated rings. The molecule has 0 saturated heterocycles. The number of nitrogens with zero attached hydrogens (tertiary/aromatic N) is 2. The third-order valence-corrected chi connectivity index (χ3v) is 5.39. The molecule has 0 spiro atoms. The summed E-state index contributed by atoms with van der Waals surface area (Å²) in [5.41, 5.74) is 8.13. The van der Waals surface area contributed by atoms with E-state index in [2.05, 4.69) is 45.0 Å². The summed E-state index contributed by atoms with van der Waals surface area (Å²) < 4.78 is 0.861.